The number of rotatable bonds is 3. The van der Waals surface area contributed by atoms with Gasteiger partial charge in [0, 0.05) is 42.1 Å². The van der Waals surface area contributed by atoms with Gasteiger partial charge in [-0.25, -0.2) is 0 Å². The summed E-state index contributed by atoms with van der Waals surface area (Å²) in [4.78, 5) is 6.73. The highest BCUT2D eigenvalue weighted by molar-refractivity contribution is 6.35. The molecule has 1 saturated heterocycles. The van der Waals surface area contributed by atoms with E-state index < -0.39 is 0 Å². The van der Waals surface area contributed by atoms with Crippen LogP contribution in [0.25, 0.3) is 0 Å². The normalized spacial score (nSPS) is 17.7. The molecule has 2 heterocycles. The number of aromatic nitrogens is 1. The van der Waals surface area contributed by atoms with E-state index in [0.717, 1.165) is 43.2 Å². The molecule has 1 fully saturated rings. The van der Waals surface area contributed by atoms with Gasteiger partial charge in [-0.05, 0) is 54.8 Å². The standard InChI is InChI=1S/C18H21Cl2N3/c1-13-12-22-7-5-15(13)18(23-9-2-6-21-8-10-23)16-4-3-14(19)11-17(16)20/h3-5,7,11-12,18,21H,2,6,8-10H2,1H3. The van der Waals surface area contributed by atoms with Gasteiger partial charge in [0.2, 0.25) is 0 Å². The van der Waals surface area contributed by atoms with Gasteiger partial charge >= 0.3 is 0 Å². The summed E-state index contributed by atoms with van der Waals surface area (Å²) >= 11 is 12.6. The van der Waals surface area contributed by atoms with Gasteiger partial charge in [0.1, 0.15) is 0 Å². The number of halogens is 2. The lowest BCUT2D eigenvalue weighted by atomic mass is 9.94. The SMILES string of the molecule is Cc1cnccc1C(c1ccc(Cl)cc1Cl)N1CCCNCC1. The zero-order valence-corrected chi connectivity index (χ0v) is 14.7. The third-order valence-corrected chi connectivity index (χ3v) is 4.92. The van der Waals surface area contributed by atoms with Crippen LogP contribution in [0.5, 0.6) is 0 Å². The van der Waals surface area contributed by atoms with E-state index in [0.29, 0.717) is 5.02 Å². The molecule has 0 bridgehead atoms. The number of aryl methyl sites for hydroxylation is 1. The number of nitrogens with one attached hydrogen (secondary N) is 1. The Balaban J connectivity index is 2.07. The Kier molecular flexibility index (Phi) is 5.54. The van der Waals surface area contributed by atoms with Gasteiger partial charge in [0.25, 0.3) is 0 Å². The Hall–Kier alpha value is -1.13. The molecule has 1 aromatic carbocycles. The molecule has 0 radical (unpaired) electrons. The number of benzene rings is 1. The maximum atomic E-state index is 6.54. The Bertz CT molecular complexity index is 667. The summed E-state index contributed by atoms with van der Waals surface area (Å²) in [7, 11) is 0. The molecule has 1 atom stereocenters. The molecule has 5 heteroatoms. The zero-order valence-electron chi connectivity index (χ0n) is 13.2. The largest absolute Gasteiger partial charge is 0.315 e. The van der Waals surface area contributed by atoms with Crippen molar-refractivity contribution in [2.75, 3.05) is 26.2 Å². The molecule has 3 nitrogen and oxygen atoms in total. The smallest absolute Gasteiger partial charge is 0.0620 e. The second-order valence-corrected chi connectivity index (χ2v) is 6.78. The fraction of sp³-hybridized carbons (Fsp3) is 0.389. The third kappa shape index (κ3) is 3.86. The minimum Gasteiger partial charge on any atom is -0.315 e. The van der Waals surface area contributed by atoms with Crippen molar-refractivity contribution in [1.82, 2.24) is 15.2 Å². The molecular weight excluding hydrogens is 329 g/mol. The van der Waals surface area contributed by atoms with E-state index in [1.807, 2.05) is 30.6 Å². The highest BCUT2D eigenvalue weighted by atomic mass is 35.5. The summed E-state index contributed by atoms with van der Waals surface area (Å²) in [5.41, 5.74) is 3.54. The van der Waals surface area contributed by atoms with Crippen LogP contribution in [-0.4, -0.2) is 36.1 Å². The molecule has 1 unspecified atom stereocenters. The molecule has 1 aromatic heterocycles. The highest BCUT2D eigenvalue weighted by Gasteiger charge is 2.26. The maximum Gasteiger partial charge on any atom is 0.0620 e. The van der Waals surface area contributed by atoms with Crippen LogP contribution in [0.1, 0.15) is 29.2 Å². The first-order chi connectivity index (χ1) is 11.2. The number of pyridine rings is 1. The van der Waals surface area contributed by atoms with Crippen LogP contribution in [0.15, 0.2) is 36.7 Å². The van der Waals surface area contributed by atoms with Crippen LogP contribution in [0.3, 0.4) is 0 Å². The molecule has 0 amide bonds. The second-order valence-electron chi connectivity index (χ2n) is 5.94. The molecule has 0 aliphatic carbocycles. The Morgan fingerprint density at radius 2 is 2.00 bits per heavy atom. The molecule has 3 rings (SSSR count). The molecular formula is C18H21Cl2N3. The number of hydrogen-bond acceptors (Lipinski definition) is 3. The van der Waals surface area contributed by atoms with E-state index in [4.69, 9.17) is 23.2 Å². The van der Waals surface area contributed by atoms with Crippen LogP contribution < -0.4 is 5.32 Å². The van der Waals surface area contributed by atoms with Crippen LogP contribution in [0.4, 0.5) is 0 Å². The van der Waals surface area contributed by atoms with E-state index in [1.54, 1.807) is 0 Å². The first kappa shape index (κ1) is 16.7. The van der Waals surface area contributed by atoms with Crippen molar-refractivity contribution in [3.8, 4) is 0 Å². The summed E-state index contributed by atoms with van der Waals surface area (Å²) in [6, 6.07) is 8.03. The summed E-state index contributed by atoms with van der Waals surface area (Å²) in [5, 5.41) is 4.85. The molecule has 2 aromatic rings. The minimum absolute atomic E-state index is 0.127. The van der Waals surface area contributed by atoms with Crippen molar-refractivity contribution >= 4 is 23.2 Å². The maximum absolute atomic E-state index is 6.54. The van der Waals surface area contributed by atoms with Gasteiger partial charge in [0.05, 0.1) is 6.04 Å². The van der Waals surface area contributed by atoms with Crippen molar-refractivity contribution in [2.45, 2.75) is 19.4 Å². The lowest BCUT2D eigenvalue weighted by molar-refractivity contribution is 0.240. The van der Waals surface area contributed by atoms with Gasteiger partial charge in [0.15, 0.2) is 0 Å². The van der Waals surface area contributed by atoms with Crippen LogP contribution >= 0.6 is 23.2 Å². The van der Waals surface area contributed by atoms with Crippen molar-refractivity contribution in [3.63, 3.8) is 0 Å². The lowest BCUT2D eigenvalue weighted by Crippen LogP contribution is -2.33. The Morgan fingerprint density at radius 3 is 2.78 bits per heavy atom. The molecule has 1 aliphatic rings. The topological polar surface area (TPSA) is 28.2 Å². The average Bonchev–Trinajstić information content (AvgIpc) is 2.80. The van der Waals surface area contributed by atoms with Crippen LogP contribution in [0, 0.1) is 6.92 Å². The molecule has 1 N–H and O–H groups in total. The van der Waals surface area contributed by atoms with Crippen molar-refractivity contribution in [3.05, 3.63) is 63.4 Å². The predicted octanol–water partition coefficient (Wildman–Crippen LogP) is 4.08. The molecule has 0 saturated carbocycles. The lowest BCUT2D eigenvalue weighted by Gasteiger charge is -2.32. The van der Waals surface area contributed by atoms with Crippen molar-refractivity contribution in [1.29, 1.82) is 0 Å². The van der Waals surface area contributed by atoms with E-state index in [9.17, 15) is 0 Å². The molecule has 122 valence electrons. The molecule has 1 aliphatic heterocycles. The van der Waals surface area contributed by atoms with Gasteiger partial charge < -0.3 is 5.32 Å². The molecule has 23 heavy (non-hydrogen) atoms. The highest BCUT2D eigenvalue weighted by Crippen LogP contribution is 2.36. The van der Waals surface area contributed by atoms with Gasteiger partial charge in [-0.2, -0.15) is 0 Å². The summed E-state index contributed by atoms with van der Waals surface area (Å²) < 4.78 is 0. The van der Waals surface area contributed by atoms with E-state index >= 15 is 0 Å². The second kappa shape index (κ2) is 7.63. The Morgan fingerprint density at radius 1 is 1.13 bits per heavy atom. The summed E-state index contributed by atoms with van der Waals surface area (Å²) in [6.07, 6.45) is 4.91. The van der Waals surface area contributed by atoms with Gasteiger partial charge in [-0.3, -0.25) is 9.88 Å². The minimum atomic E-state index is 0.127. The number of nitrogens with zero attached hydrogens (tertiary/aromatic N) is 2. The first-order valence-corrected chi connectivity index (χ1v) is 8.72. The number of hydrogen-bond donors (Lipinski definition) is 1. The van der Waals surface area contributed by atoms with Gasteiger partial charge in [-0.15, -0.1) is 0 Å². The predicted molar refractivity (Wildman–Crippen MR) is 96.3 cm³/mol. The first-order valence-electron chi connectivity index (χ1n) is 7.97. The monoisotopic (exact) mass is 349 g/mol. The average molecular weight is 350 g/mol. The Labute approximate surface area is 147 Å². The van der Waals surface area contributed by atoms with E-state index in [2.05, 4.69) is 28.2 Å². The fourth-order valence-corrected chi connectivity index (χ4v) is 3.71. The summed E-state index contributed by atoms with van der Waals surface area (Å²) in [6.45, 7) is 6.19. The van der Waals surface area contributed by atoms with Crippen LogP contribution in [0.2, 0.25) is 10.0 Å². The van der Waals surface area contributed by atoms with Gasteiger partial charge in [-0.1, -0.05) is 29.3 Å². The van der Waals surface area contributed by atoms with Crippen LogP contribution in [-0.2, 0) is 0 Å². The molecule has 0 spiro atoms. The zero-order chi connectivity index (χ0) is 16.2. The van der Waals surface area contributed by atoms with Crippen molar-refractivity contribution in [2.24, 2.45) is 0 Å². The third-order valence-electron chi connectivity index (χ3n) is 4.36. The fourth-order valence-electron chi connectivity index (χ4n) is 3.20. The van der Waals surface area contributed by atoms with E-state index in [-0.39, 0.29) is 6.04 Å². The summed E-state index contributed by atoms with van der Waals surface area (Å²) in [5.74, 6) is 0. The van der Waals surface area contributed by atoms with E-state index in [1.165, 1.54) is 11.1 Å². The quantitative estimate of drug-likeness (QED) is 0.904. The van der Waals surface area contributed by atoms with Crippen molar-refractivity contribution < 1.29 is 0 Å².